The number of hydrogen-bond acceptors (Lipinski definition) is 3. The van der Waals surface area contributed by atoms with Gasteiger partial charge in [0, 0.05) is 26.6 Å². The van der Waals surface area contributed by atoms with Crippen molar-refractivity contribution in [2.75, 3.05) is 4.90 Å². The lowest BCUT2D eigenvalue weighted by molar-refractivity contribution is 0.103. The molecule has 3 heteroatoms. The lowest BCUT2D eigenvalue weighted by Crippen LogP contribution is -2.14. The normalized spacial score (nSPS) is 12.2. The first-order valence-corrected chi connectivity index (χ1v) is 9.99. The zero-order valence-corrected chi connectivity index (χ0v) is 15.9. The first-order chi connectivity index (χ1) is 13.8. The summed E-state index contributed by atoms with van der Waals surface area (Å²) < 4.78 is 0. The predicted molar refractivity (Wildman–Crippen MR) is 115 cm³/mol. The van der Waals surface area contributed by atoms with Gasteiger partial charge in [-0.25, -0.2) is 0 Å². The van der Waals surface area contributed by atoms with E-state index in [9.17, 15) is 4.79 Å². The van der Waals surface area contributed by atoms with Gasteiger partial charge in [-0.05, 0) is 48.5 Å². The van der Waals surface area contributed by atoms with Crippen LogP contribution in [0.25, 0.3) is 0 Å². The van der Waals surface area contributed by atoms with E-state index in [-0.39, 0.29) is 5.78 Å². The summed E-state index contributed by atoms with van der Waals surface area (Å²) in [5, 5.41) is 0. The van der Waals surface area contributed by atoms with Crippen LogP contribution in [0.4, 0.5) is 17.1 Å². The standard InChI is InChI=1S/C25H17NOS/c27-25(18-8-2-1-3-9-18)19-14-16-20(17-15-19)26-21-10-4-6-12-23(21)28-24-13-7-5-11-22(24)26/h1-17H. The van der Waals surface area contributed by atoms with Gasteiger partial charge in [0.05, 0.1) is 11.4 Å². The van der Waals surface area contributed by atoms with Crippen LogP contribution in [0.3, 0.4) is 0 Å². The second-order valence-corrected chi connectivity index (χ2v) is 7.70. The molecule has 0 saturated carbocycles. The molecule has 28 heavy (non-hydrogen) atoms. The molecule has 1 heterocycles. The van der Waals surface area contributed by atoms with Crippen molar-refractivity contribution in [1.82, 2.24) is 0 Å². The van der Waals surface area contributed by atoms with Crippen LogP contribution in [0, 0.1) is 0 Å². The van der Waals surface area contributed by atoms with Crippen molar-refractivity contribution in [2.24, 2.45) is 0 Å². The maximum absolute atomic E-state index is 12.7. The Hall–Kier alpha value is -3.30. The Balaban J connectivity index is 1.56. The summed E-state index contributed by atoms with van der Waals surface area (Å²) in [6.45, 7) is 0. The van der Waals surface area contributed by atoms with Crippen molar-refractivity contribution < 1.29 is 4.79 Å². The zero-order valence-electron chi connectivity index (χ0n) is 15.1. The summed E-state index contributed by atoms with van der Waals surface area (Å²) in [4.78, 5) is 17.4. The van der Waals surface area contributed by atoms with E-state index >= 15 is 0 Å². The molecule has 134 valence electrons. The van der Waals surface area contributed by atoms with Crippen molar-refractivity contribution in [1.29, 1.82) is 0 Å². The summed E-state index contributed by atoms with van der Waals surface area (Å²) in [7, 11) is 0. The topological polar surface area (TPSA) is 20.3 Å². The molecule has 4 aromatic carbocycles. The number of rotatable bonds is 3. The minimum atomic E-state index is 0.0437. The van der Waals surface area contributed by atoms with Crippen LogP contribution in [-0.2, 0) is 0 Å². The Bertz CT molecular complexity index is 1110. The Labute approximate surface area is 168 Å². The Morgan fingerprint density at radius 3 is 1.68 bits per heavy atom. The highest BCUT2D eigenvalue weighted by atomic mass is 32.2. The molecule has 0 bridgehead atoms. The fraction of sp³-hybridized carbons (Fsp3) is 0. The van der Waals surface area contributed by atoms with Gasteiger partial charge in [0.1, 0.15) is 0 Å². The van der Waals surface area contributed by atoms with E-state index in [1.54, 1.807) is 11.8 Å². The molecule has 2 nitrogen and oxygen atoms in total. The van der Waals surface area contributed by atoms with Crippen molar-refractivity contribution >= 4 is 34.6 Å². The third-order valence-corrected chi connectivity index (χ3v) is 5.99. The largest absolute Gasteiger partial charge is 0.308 e. The van der Waals surface area contributed by atoms with Crippen LogP contribution in [0.5, 0.6) is 0 Å². The molecular weight excluding hydrogens is 362 g/mol. The molecule has 0 aliphatic carbocycles. The van der Waals surface area contributed by atoms with E-state index < -0.39 is 0 Å². The number of hydrogen-bond donors (Lipinski definition) is 0. The van der Waals surface area contributed by atoms with Gasteiger partial charge in [0.25, 0.3) is 0 Å². The van der Waals surface area contributed by atoms with E-state index in [2.05, 4.69) is 53.4 Å². The Morgan fingerprint density at radius 1 is 0.571 bits per heavy atom. The molecule has 0 radical (unpaired) electrons. The van der Waals surface area contributed by atoms with Crippen LogP contribution < -0.4 is 4.90 Å². The van der Waals surface area contributed by atoms with Crippen molar-refractivity contribution in [2.45, 2.75) is 9.79 Å². The van der Waals surface area contributed by atoms with E-state index in [1.165, 1.54) is 9.79 Å². The quantitative estimate of drug-likeness (QED) is 0.320. The zero-order chi connectivity index (χ0) is 18.9. The number of carbonyl (C=O) groups excluding carboxylic acids is 1. The van der Waals surface area contributed by atoms with Crippen LogP contribution >= 0.6 is 11.8 Å². The molecule has 0 amide bonds. The average Bonchev–Trinajstić information content (AvgIpc) is 2.77. The molecule has 1 aliphatic rings. The summed E-state index contributed by atoms with van der Waals surface area (Å²) in [6, 6.07) is 34.1. The Kier molecular flexibility index (Phi) is 4.22. The third-order valence-electron chi connectivity index (χ3n) is 4.86. The fourth-order valence-electron chi connectivity index (χ4n) is 3.50. The molecule has 0 saturated heterocycles. The number of ketones is 1. The molecule has 0 unspecified atom stereocenters. The molecule has 0 N–H and O–H groups in total. The van der Waals surface area contributed by atoms with Gasteiger partial charge in [0.15, 0.2) is 5.78 Å². The number of anilines is 3. The molecule has 0 fully saturated rings. The van der Waals surface area contributed by atoms with Gasteiger partial charge in [-0.15, -0.1) is 0 Å². The Morgan fingerprint density at radius 2 is 1.07 bits per heavy atom. The molecule has 1 aliphatic heterocycles. The maximum atomic E-state index is 12.7. The van der Waals surface area contributed by atoms with Gasteiger partial charge >= 0.3 is 0 Å². The third kappa shape index (κ3) is 2.90. The second kappa shape index (κ2) is 7.02. The van der Waals surface area contributed by atoms with Crippen molar-refractivity contribution in [3.8, 4) is 0 Å². The molecular formula is C25H17NOS. The SMILES string of the molecule is O=C(c1ccccc1)c1ccc(N2c3ccccc3Sc3ccccc32)cc1. The van der Waals surface area contributed by atoms with Gasteiger partial charge < -0.3 is 4.90 Å². The molecule has 0 atom stereocenters. The maximum Gasteiger partial charge on any atom is 0.193 e. The highest BCUT2D eigenvalue weighted by Gasteiger charge is 2.24. The van der Waals surface area contributed by atoms with Crippen LogP contribution in [-0.4, -0.2) is 5.78 Å². The van der Waals surface area contributed by atoms with E-state index in [0.717, 1.165) is 17.1 Å². The second-order valence-electron chi connectivity index (χ2n) is 6.61. The van der Waals surface area contributed by atoms with Crippen LogP contribution in [0.1, 0.15) is 15.9 Å². The number of benzene rings is 4. The smallest absolute Gasteiger partial charge is 0.193 e. The number of fused-ring (bicyclic) bond motifs is 2. The van der Waals surface area contributed by atoms with E-state index in [4.69, 9.17) is 0 Å². The van der Waals surface area contributed by atoms with E-state index in [1.807, 2.05) is 54.6 Å². The predicted octanol–water partition coefficient (Wildman–Crippen LogP) is 6.85. The average molecular weight is 379 g/mol. The van der Waals surface area contributed by atoms with Crippen LogP contribution in [0.2, 0.25) is 0 Å². The van der Waals surface area contributed by atoms with Gasteiger partial charge in [-0.1, -0.05) is 66.4 Å². The molecule has 0 spiro atoms. The van der Waals surface area contributed by atoms with Gasteiger partial charge in [0.2, 0.25) is 0 Å². The van der Waals surface area contributed by atoms with Crippen LogP contribution in [0.15, 0.2) is 113 Å². The highest BCUT2D eigenvalue weighted by Crippen LogP contribution is 2.50. The number of para-hydroxylation sites is 2. The fourth-order valence-corrected chi connectivity index (χ4v) is 4.56. The lowest BCUT2D eigenvalue weighted by atomic mass is 10.0. The highest BCUT2D eigenvalue weighted by molar-refractivity contribution is 7.99. The summed E-state index contributed by atoms with van der Waals surface area (Å²) in [5.74, 6) is 0.0437. The monoisotopic (exact) mass is 379 g/mol. The molecule has 4 aromatic rings. The van der Waals surface area contributed by atoms with Gasteiger partial charge in [-0.3, -0.25) is 4.79 Å². The summed E-state index contributed by atoms with van der Waals surface area (Å²) >= 11 is 1.79. The minimum Gasteiger partial charge on any atom is -0.308 e. The minimum absolute atomic E-state index is 0.0437. The molecule has 5 rings (SSSR count). The number of carbonyl (C=O) groups is 1. The van der Waals surface area contributed by atoms with E-state index in [0.29, 0.717) is 11.1 Å². The first kappa shape index (κ1) is 16.8. The lowest BCUT2D eigenvalue weighted by Gasteiger charge is -2.32. The summed E-state index contributed by atoms with van der Waals surface area (Å²) in [5.41, 5.74) is 4.77. The first-order valence-electron chi connectivity index (χ1n) is 9.17. The van der Waals surface area contributed by atoms with Gasteiger partial charge in [-0.2, -0.15) is 0 Å². The van der Waals surface area contributed by atoms with Crippen molar-refractivity contribution in [3.05, 3.63) is 114 Å². The number of nitrogens with zero attached hydrogens (tertiary/aromatic N) is 1. The molecule has 0 aromatic heterocycles. The summed E-state index contributed by atoms with van der Waals surface area (Å²) in [6.07, 6.45) is 0. The van der Waals surface area contributed by atoms with Crippen molar-refractivity contribution in [3.63, 3.8) is 0 Å².